The molecule has 2 aliphatic rings. The second-order valence-electron chi connectivity index (χ2n) is 6.34. The summed E-state index contributed by atoms with van der Waals surface area (Å²) in [7, 11) is 0. The van der Waals surface area contributed by atoms with E-state index in [-0.39, 0.29) is 47.9 Å². The Balaban J connectivity index is 1.55. The minimum atomic E-state index is -0.270. The molecule has 2 atom stereocenters. The van der Waals surface area contributed by atoms with Gasteiger partial charge in [-0.2, -0.15) is 15.0 Å². The Morgan fingerprint density at radius 2 is 1.65 bits per heavy atom. The number of hydrogen-bond donors (Lipinski definition) is 2. The number of nitrogen functional groups attached to an aromatic ring is 1. The highest BCUT2D eigenvalue weighted by atomic mass is 16.2. The lowest BCUT2D eigenvalue weighted by atomic mass is 9.85. The zero-order chi connectivity index (χ0) is 18.1. The number of anilines is 3. The Morgan fingerprint density at radius 3 is 2.31 bits per heavy atom. The van der Waals surface area contributed by atoms with Gasteiger partial charge in [0.15, 0.2) is 5.82 Å². The molecule has 0 unspecified atom stereocenters. The summed E-state index contributed by atoms with van der Waals surface area (Å²) in [5.74, 6) is -0.281. The van der Waals surface area contributed by atoms with Gasteiger partial charge in [0, 0.05) is 5.69 Å². The molecule has 2 heterocycles. The smallest absolute Gasteiger partial charge is 0.233 e. The number of nitrogens with one attached hydrogen (secondary N) is 1. The van der Waals surface area contributed by atoms with Crippen molar-refractivity contribution in [3.63, 3.8) is 0 Å². The topological polar surface area (TPSA) is 114 Å². The number of imide groups is 1. The van der Waals surface area contributed by atoms with E-state index < -0.39 is 0 Å². The first-order valence-electron chi connectivity index (χ1n) is 8.44. The molecule has 1 fully saturated rings. The maximum Gasteiger partial charge on any atom is 0.233 e. The van der Waals surface area contributed by atoms with E-state index in [0.717, 1.165) is 5.69 Å². The standard InChI is InChI=1S/C18H18N6O2/c19-17-21-14(22-18(23-17)20-11-6-2-1-3-7-11)10-24-15(25)12-8-4-5-9-13(12)16(24)26/h1-7,12-13H,8-10H2,(H3,19,20,21,22,23)/t12-,13-/m1/s1. The summed E-state index contributed by atoms with van der Waals surface area (Å²) >= 11 is 0. The van der Waals surface area contributed by atoms with Crippen molar-refractivity contribution in [2.45, 2.75) is 19.4 Å². The maximum absolute atomic E-state index is 12.6. The molecule has 2 aromatic rings. The van der Waals surface area contributed by atoms with Gasteiger partial charge in [-0.1, -0.05) is 30.4 Å². The molecule has 3 N–H and O–H groups in total. The third-order valence-electron chi connectivity index (χ3n) is 4.63. The van der Waals surface area contributed by atoms with Crippen molar-refractivity contribution < 1.29 is 9.59 Å². The summed E-state index contributed by atoms with van der Waals surface area (Å²) in [6.45, 7) is 0.000850. The van der Waals surface area contributed by atoms with Crippen LogP contribution in [0.15, 0.2) is 42.5 Å². The van der Waals surface area contributed by atoms with E-state index in [4.69, 9.17) is 5.73 Å². The Morgan fingerprint density at radius 1 is 1.00 bits per heavy atom. The van der Waals surface area contributed by atoms with E-state index in [1.54, 1.807) is 0 Å². The summed E-state index contributed by atoms with van der Waals surface area (Å²) < 4.78 is 0. The van der Waals surface area contributed by atoms with Crippen LogP contribution in [-0.4, -0.2) is 31.7 Å². The average Bonchev–Trinajstić information content (AvgIpc) is 2.87. The number of amides is 2. The third-order valence-corrected chi connectivity index (χ3v) is 4.63. The van der Waals surface area contributed by atoms with E-state index in [1.165, 1.54) is 4.90 Å². The first-order valence-corrected chi connectivity index (χ1v) is 8.44. The molecular formula is C18H18N6O2. The predicted octanol–water partition coefficient (Wildman–Crippen LogP) is 1.65. The van der Waals surface area contributed by atoms with Crippen molar-refractivity contribution in [1.82, 2.24) is 19.9 Å². The van der Waals surface area contributed by atoms with Crippen LogP contribution in [0.5, 0.6) is 0 Å². The molecule has 1 aliphatic carbocycles. The van der Waals surface area contributed by atoms with E-state index in [9.17, 15) is 9.59 Å². The van der Waals surface area contributed by atoms with E-state index in [1.807, 2.05) is 42.5 Å². The largest absolute Gasteiger partial charge is 0.368 e. The summed E-state index contributed by atoms with van der Waals surface area (Å²) in [4.78, 5) is 38.8. The fourth-order valence-corrected chi connectivity index (χ4v) is 3.38. The number of allylic oxidation sites excluding steroid dienone is 2. The fourth-order valence-electron chi connectivity index (χ4n) is 3.38. The molecular weight excluding hydrogens is 332 g/mol. The molecule has 1 aliphatic heterocycles. The minimum absolute atomic E-state index is 0.000850. The first-order chi connectivity index (χ1) is 12.6. The van der Waals surface area contributed by atoms with E-state index >= 15 is 0 Å². The van der Waals surface area contributed by atoms with Gasteiger partial charge in [0.2, 0.25) is 23.7 Å². The minimum Gasteiger partial charge on any atom is -0.368 e. The number of fused-ring (bicyclic) bond motifs is 1. The number of carbonyl (C=O) groups excluding carboxylic acids is 2. The second kappa shape index (κ2) is 6.55. The number of carbonyl (C=O) groups is 2. The Hall–Kier alpha value is -3.29. The van der Waals surface area contributed by atoms with Gasteiger partial charge >= 0.3 is 0 Å². The van der Waals surface area contributed by atoms with E-state index in [2.05, 4.69) is 20.3 Å². The van der Waals surface area contributed by atoms with Crippen LogP contribution < -0.4 is 11.1 Å². The molecule has 1 aromatic heterocycles. The summed E-state index contributed by atoms with van der Waals surface area (Å²) in [5, 5.41) is 3.04. The zero-order valence-corrected chi connectivity index (χ0v) is 14.0. The number of rotatable bonds is 4. The van der Waals surface area contributed by atoms with Gasteiger partial charge in [-0.15, -0.1) is 0 Å². The maximum atomic E-state index is 12.6. The Bertz CT molecular complexity index is 857. The molecule has 0 radical (unpaired) electrons. The number of benzene rings is 1. The summed E-state index contributed by atoms with van der Waals surface area (Å²) in [5.41, 5.74) is 6.57. The van der Waals surface area contributed by atoms with Gasteiger partial charge in [0.1, 0.15) is 0 Å². The van der Waals surface area contributed by atoms with Crippen LogP contribution in [0.1, 0.15) is 18.7 Å². The monoisotopic (exact) mass is 350 g/mol. The first kappa shape index (κ1) is 16.2. The van der Waals surface area contributed by atoms with Crippen molar-refractivity contribution >= 4 is 29.4 Å². The molecule has 8 nitrogen and oxygen atoms in total. The molecule has 0 saturated carbocycles. The fraction of sp³-hybridized carbons (Fsp3) is 0.278. The van der Waals surface area contributed by atoms with Crippen LogP contribution >= 0.6 is 0 Å². The van der Waals surface area contributed by atoms with Crippen molar-refractivity contribution in [2.24, 2.45) is 11.8 Å². The van der Waals surface area contributed by atoms with Crippen LogP contribution in [0.25, 0.3) is 0 Å². The summed E-state index contributed by atoms with van der Waals surface area (Å²) in [6.07, 6.45) is 5.12. The number of nitrogens with two attached hydrogens (primary N) is 1. The molecule has 8 heteroatoms. The number of aromatic nitrogens is 3. The highest BCUT2D eigenvalue weighted by molar-refractivity contribution is 6.05. The lowest BCUT2D eigenvalue weighted by molar-refractivity contribution is -0.140. The van der Waals surface area contributed by atoms with Crippen LogP contribution in [0, 0.1) is 11.8 Å². The lowest BCUT2D eigenvalue weighted by Crippen LogP contribution is -2.31. The van der Waals surface area contributed by atoms with Crippen molar-refractivity contribution in [3.8, 4) is 0 Å². The van der Waals surface area contributed by atoms with Crippen molar-refractivity contribution in [2.75, 3.05) is 11.1 Å². The van der Waals surface area contributed by atoms with Gasteiger partial charge in [-0.3, -0.25) is 14.5 Å². The van der Waals surface area contributed by atoms with Crippen molar-refractivity contribution in [1.29, 1.82) is 0 Å². The normalized spacial score (nSPS) is 21.8. The van der Waals surface area contributed by atoms with Gasteiger partial charge < -0.3 is 11.1 Å². The number of nitrogens with zero attached hydrogens (tertiary/aromatic N) is 4. The zero-order valence-electron chi connectivity index (χ0n) is 14.0. The van der Waals surface area contributed by atoms with Crippen LogP contribution in [0.2, 0.25) is 0 Å². The highest BCUT2D eigenvalue weighted by Gasteiger charge is 2.47. The highest BCUT2D eigenvalue weighted by Crippen LogP contribution is 2.35. The quantitative estimate of drug-likeness (QED) is 0.636. The molecule has 26 heavy (non-hydrogen) atoms. The van der Waals surface area contributed by atoms with Gasteiger partial charge in [0.05, 0.1) is 18.4 Å². The Kier molecular flexibility index (Phi) is 4.08. The third kappa shape index (κ3) is 3.01. The number of likely N-dealkylation sites (tertiary alicyclic amines) is 1. The molecule has 132 valence electrons. The molecule has 0 bridgehead atoms. The summed E-state index contributed by atoms with van der Waals surface area (Å²) in [6, 6.07) is 9.39. The molecule has 1 saturated heterocycles. The van der Waals surface area contributed by atoms with Crippen molar-refractivity contribution in [3.05, 3.63) is 48.3 Å². The second-order valence-corrected chi connectivity index (χ2v) is 6.34. The van der Waals surface area contributed by atoms with Gasteiger partial charge in [0.25, 0.3) is 0 Å². The molecule has 1 aromatic carbocycles. The average molecular weight is 350 g/mol. The number of para-hydroxylation sites is 1. The van der Waals surface area contributed by atoms with Gasteiger partial charge in [-0.05, 0) is 25.0 Å². The van der Waals surface area contributed by atoms with Crippen LogP contribution in [-0.2, 0) is 16.1 Å². The molecule has 2 amide bonds. The number of hydrogen-bond acceptors (Lipinski definition) is 7. The lowest BCUT2D eigenvalue weighted by Gasteiger charge is -2.14. The predicted molar refractivity (Wildman–Crippen MR) is 94.9 cm³/mol. The van der Waals surface area contributed by atoms with Crippen LogP contribution in [0.3, 0.4) is 0 Å². The Labute approximate surface area is 150 Å². The molecule has 4 rings (SSSR count). The SMILES string of the molecule is Nc1nc(CN2C(=O)[C@@H]3CC=CC[C@H]3C2=O)nc(Nc2ccccc2)n1. The van der Waals surface area contributed by atoms with Gasteiger partial charge in [-0.25, -0.2) is 0 Å². The van der Waals surface area contributed by atoms with E-state index in [0.29, 0.717) is 12.8 Å². The van der Waals surface area contributed by atoms with Crippen LogP contribution in [0.4, 0.5) is 17.6 Å². The molecule has 0 spiro atoms.